The maximum Gasteiger partial charge on any atom is 0.255 e. The predicted octanol–water partition coefficient (Wildman–Crippen LogP) is 3.03. The van der Waals surface area contributed by atoms with Crippen LogP contribution in [0.25, 0.3) is 0 Å². The Bertz CT molecular complexity index is 1170. The van der Waals surface area contributed by atoms with Crippen molar-refractivity contribution in [2.75, 3.05) is 0 Å². The first-order valence-electron chi connectivity index (χ1n) is 12.9. The predicted molar refractivity (Wildman–Crippen MR) is 128 cm³/mol. The minimum absolute atomic E-state index is 0.141. The van der Waals surface area contributed by atoms with Gasteiger partial charge in [0.15, 0.2) is 0 Å². The van der Waals surface area contributed by atoms with Gasteiger partial charge in [-0.1, -0.05) is 6.42 Å². The van der Waals surface area contributed by atoms with Gasteiger partial charge in [-0.3, -0.25) is 19.7 Å². The van der Waals surface area contributed by atoms with Crippen LogP contribution in [0.15, 0.2) is 36.5 Å². The maximum absolute atomic E-state index is 13.0. The lowest BCUT2D eigenvalue weighted by Crippen LogP contribution is -2.52. The van der Waals surface area contributed by atoms with Crippen molar-refractivity contribution >= 4 is 17.7 Å². The van der Waals surface area contributed by atoms with E-state index in [0.29, 0.717) is 36.2 Å². The van der Waals surface area contributed by atoms with Crippen molar-refractivity contribution in [1.29, 1.82) is 0 Å². The number of hydrogen-bond acceptors (Lipinski definition) is 7. The van der Waals surface area contributed by atoms with E-state index in [-0.39, 0.29) is 30.4 Å². The lowest BCUT2D eigenvalue weighted by Gasteiger charge is -2.44. The molecule has 0 spiro atoms. The van der Waals surface area contributed by atoms with Gasteiger partial charge in [0.25, 0.3) is 5.91 Å². The van der Waals surface area contributed by atoms with E-state index in [9.17, 15) is 14.4 Å². The molecule has 9 nitrogen and oxygen atoms in total. The number of nitrogens with one attached hydrogen (secondary N) is 1. The Morgan fingerprint density at radius 3 is 2.67 bits per heavy atom. The van der Waals surface area contributed by atoms with Crippen molar-refractivity contribution in [2.24, 2.45) is 11.8 Å². The molecule has 3 amide bonds. The van der Waals surface area contributed by atoms with E-state index in [1.54, 1.807) is 11.1 Å². The van der Waals surface area contributed by atoms with Gasteiger partial charge in [0.05, 0.1) is 0 Å². The minimum Gasteiger partial charge on any atom is -0.490 e. The average molecular weight is 491 g/mol. The summed E-state index contributed by atoms with van der Waals surface area (Å²) in [5, 5.41) is 10.3. The highest BCUT2D eigenvalue weighted by Crippen LogP contribution is 2.44. The first-order valence-corrected chi connectivity index (χ1v) is 12.9. The number of ether oxygens (including phenoxy) is 2. The summed E-state index contributed by atoms with van der Waals surface area (Å²) in [5.41, 5.74) is 1.48. The van der Waals surface area contributed by atoms with Crippen molar-refractivity contribution in [3.8, 4) is 11.6 Å². The Labute approximate surface area is 209 Å². The maximum atomic E-state index is 13.0. The summed E-state index contributed by atoms with van der Waals surface area (Å²) in [4.78, 5) is 38.4. The molecule has 188 valence electrons. The van der Waals surface area contributed by atoms with Crippen LogP contribution >= 0.6 is 0 Å². The highest BCUT2D eigenvalue weighted by atomic mass is 16.5. The second kappa shape index (κ2) is 9.52. The quantitative estimate of drug-likeness (QED) is 0.620. The SMILES string of the molecule is O=C1CCC(N2Cc3cc(O[C@H]4CCCC[C@@H]4C4CC(Oc5cccnn5)C4)ccc3C2=O)C(=O)N1. The lowest BCUT2D eigenvalue weighted by atomic mass is 9.67. The molecule has 2 aliphatic carbocycles. The van der Waals surface area contributed by atoms with Crippen LogP contribution in [0.4, 0.5) is 0 Å². The van der Waals surface area contributed by atoms with Crippen LogP contribution in [-0.4, -0.2) is 51.1 Å². The van der Waals surface area contributed by atoms with Gasteiger partial charge in [0, 0.05) is 30.8 Å². The van der Waals surface area contributed by atoms with Gasteiger partial charge in [-0.15, -0.1) is 5.10 Å². The highest BCUT2D eigenvalue weighted by Gasteiger charge is 2.43. The molecule has 36 heavy (non-hydrogen) atoms. The van der Waals surface area contributed by atoms with Gasteiger partial charge in [-0.2, -0.15) is 5.10 Å². The van der Waals surface area contributed by atoms with Gasteiger partial charge >= 0.3 is 0 Å². The number of aromatic nitrogens is 2. The zero-order chi connectivity index (χ0) is 24.6. The third-order valence-corrected chi connectivity index (χ3v) is 8.11. The number of hydrogen-bond donors (Lipinski definition) is 1. The molecule has 3 fully saturated rings. The number of rotatable bonds is 6. The molecular weight excluding hydrogens is 460 g/mol. The van der Waals surface area contributed by atoms with E-state index in [0.717, 1.165) is 43.4 Å². The van der Waals surface area contributed by atoms with E-state index in [4.69, 9.17) is 9.47 Å². The number of carbonyl (C=O) groups is 3. The summed E-state index contributed by atoms with van der Waals surface area (Å²) in [6.45, 7) is 0.357. The third-order valence-electron chi connectivity index (χ3n) is 8.11. The molecule has 3 heterocycles. The zero-order valence-electron chi connectivity index (χ0n) is 20.1. The highest BCUT2D eigenvalue weighted by molar-refractivity contribution is 6.05. The van der Waals surface area contributed by atoms with Gasteiger partial charge in [0.2, 0.25) is 17.7 Å². The number of nitrogens with zero attached hydrogens (tertiary/aromatic N) is 3. The fourth-order valence-corrected chi connectivity index (χ4v) is 6.18. The molecule has 1 aromatic carbocycles. The molecule has 6 rings (SSSR count). The monoisotopic (exact) mass is 490 g/mol. The number of piperidine rings is 1. The Morgan fingerprint density at radius 2 is 1.86 bits per heavy atom. The summed E-state index contributed by atoms with van der Waals surface area (Å²) in [6, 6.07) is 8.70. The van der Waals surface area contributed by atoms with Crippen LogP contribution < -0.4 is 14.8 Å². The molecule has 1 unspecified atom stereocenters. The lowest BCUT2D eigenvalue weighted by molar-refractivity contribution is -0.136. The molecule has 2 aromatic rings. The molecule has 4 aliphatic rings. The summed E-state index contributed by atoms with van der Waals surface area (Å²) in [5.74, 6) is 1.57. The van der Waals surface area contributed by atoms with E-state index in [1.165, 1.54) is 6.42 Å². The Kier molecular flexibility index (Phi) is 6.07. The molecule has 3 atom stereocenters. The molecule has 9 heteroatoms. The number of benzene rings is 1. The molecule has 0 radical (unpaired) electrons. The average Bonchev–Trinajstić information content (AvgIpc) is 3.18. The smallest absolute Gasteiger partial charge is 0.255 e. The fourth-order valence-electron chi connectivity index (χ4n) is 6.18. The largest absolute Gasteiger partial charge is 0.490 e. The Hall–Kier alpha value is -3.49. The van der Waals surface area contributed by atoms with Crippen LogP contribution in [0, 0.1) is 11.8 Å². The fraction of sp³-hybridized carbons (Fsp3) is 0.519. The second-order valence-corrected chi connectivity index (χ2v) is 10.4. The van der Waals surface area contributed by atoms with Crippen LogP contribution in [0.5, 0.6) is 11.6 Å². The minimum atomic E-state index is -0.606. The van der Waals surface area contributed by atoms with Gasteiger partial charge in [0.1, 0.15) is 24.0 Å². The molecule has 0 bridgehead atoms. The molecule has 1 aromatic heterocycles. The van der Waals surface area contributed by atoms with E-state index in [1.807, 2.05) is 30.3 Å². The molecular formula is C27H30N4O5. The number of imide groups is 1. The van der Waals surface area contributed by atoms with Crippen LogP contribution in [0.3, 0.4) is 0 Å². The summed E-state index contributed by atoms with van der Waals surface area (Å²) in [7, 11) is 0. The van der Waals surface area contributed by atoms with E-state index in [2.05, 4.69) is 15.5 Å². The van der Waals surface area contributed by atoms with E-state index < -0.39 is 11.9 Å². The normalized spacial score (nSPS) is 29.8. The van der Waals surface area contributed by atoms with Crippen LogP contribution in [0.1, 0.15) is 67.3 Å². The second-order valence-electron chi connectivity index (χ2n) is 10.4. The molecule has 2 aliphatic heterocycles. The standard InChI is InChI=1S/C27H30N4O5/c32-24-10-9-22(26(33)29-24)31-15-17-14-18(7-8-21(17)27(31)34)35-23-5-2-1-4-20(23)16-12-19(13-16)36-25-6-3-11-28-30-25/h3,6-8,11,14,16,19-20,22-23H,1-2,4-5,9-10,12-13,15H2,(H,29,32,33)/t16?,19?,20-,22?,23+/m1/s1. The van der Waals surface area contributed by atoms with Crippen molar-refractivity contribution in [1.82, 2.24) is 20.4 Å². The van der Waals surface area contributed by atoms with Crippen LogP contribution in [-0.2, 0) is 16.1 Å². The van der Waals surface area contributed by atoms with Gasteiger partial charge in [-0.25, -0.2) is 0 Å². The Balaban J connectivity index is 1.09. The van der Waals surface area contributed by atoms with Gasteiger partial charge in [-0.05, 0) is 80.2 Å². The van der Waals surface area contributed by atoms with Crippen molar-refractivity contribution in [3.63, 3.8) is 0 Å². The van der Waals surface area contributed by atoms with Crippen molar-refractivity contribution in [2.45, 2.75) is 76.2 Å². The topological polar surface area (TPSA) is 111 Å². The summed E-state index contributed by atoms with van der Waals surface area (Å²) < 4.78 is 12.5. The molecule has 2 saturated carbocycles. The summed E-state index contributed by atoms with van der Waals surface area (Å²) >= 11 is 0. The van der Waals surface area contributed by atoms with Crippen molar-refractivity contribution in [3.05, 3.63) is 47.7 Å². The summed E-state index contributed by atoms with van der Waals surface area (Å²) in [6.07, 6.45) is 9.12. The van der Waals surface area contributed by atoms with E-state index >= 15 is 0 Å². The first kappa shape index (κ1) is 22.9. The zero-order valence-corrected chi connectivity index (χ0v) is 20.1. The van der Waals surface area contributed by atoms with Crippen LogP contribution in [0.2, 0.25) is 0 Å². The molecule has 1 saturated heterocycles. The Morgan fingerprint density at radius 1 is 1.00 bits per heavy atom. The van der Waals surface area contributed by atoms with Crippen molar-refractivity contribution < 1.29 is 23.9 Å². The first-order chi connectivity index (χ1) is 17.5. The molecule has 1 N–H and O–H groups in total. The number of carbonyl (C=O) groups excluding carboxylic acids is 3. The van der Waals surface area contributed by atoms with Gasteiger partial charge < -0.3 is 14.4 Å². The number of amides is 3. The third kappa shape index (κ3) is 4.42. The number of fused-ring (bicyclic) bond motifs is 1.